The minimum atomic E-state index is 0.0965. The van der Waals surface area contributed by atoms with Gasteiger partial charge in [0.05, 0.1) is 6.04 Å². The minimum Gasteiger partial charge on any atom is -0.271 e. The van der Waals surface area contributed by atoms with Gasteiger partial charge >= 0.3 is 0 Å². The van der Waals surface area contributed by atoms with Gasteiger partial charge in [0.2, 0.25) is 0 Å². The maximum atomic E-state index is 6.03. The highest BCUT2D eigenvalue weighted by Gasteiger charge is 2.14. The summed E-state index contributed by atoms with van der Waals surface area (Å²) in [6, 6.07) is 10.1. The Morgan fingerprint density at radius 3 is 2.88 bits per heavy atom. The fourth-order valence-corrected chi connectivity index (χ4v) is 3.31. The first kappa shape index (κ1) is 13.3. The van der Waals surface area contributed by atoms with Crippen LogP contribution in [-0.2, 0) is 6.42 Å². The number of hydrogen-bond acceptors (Lipinski definition) is 3. The molecule has 0 aliphatic carbocycles. The molecule has 0 amide bonds. The predicted molar refractivity (Wildman–Crippen MR) is 82.3 cm³/mol. The van der Waals surface area contributed by atoms with Crippen LogP contribution in [0.25, 0.3) is 0 Å². The Morgan fingerprint density at radius 2 is 2.24 bits per heavy atom. The molecule has 2 aromatic rings. The highest BCUT2D eigenvalue weighted by molar-refractivity contribution is 14.1. The molecule has 0 spiro atoms. The molecule has 0 bridgehead atoms. The summed E-state index contributed by atoms with van der Waals surface area (Å²) in [7, 11) is 0. The van der Waals surface area contributed by atoms with Crippen LogP contribution in [0.5, 0.6) is 0 Å². The van der Waals surface area contributed by atoms with Crippen LogP contribution >= 0.6 is 45.5 Å². The molecule has 1 aromatic heterocycles. The number of hydrazine groups is 1. The third kappa shape index (κ3) is 3.42. The molecule has 0 saturated heterocycles. The molecule has 2 nitrogen and oxygen atoms in total. The van der Waals surface area contributed by atoms with Crippen molar-refractivity contribution in [1.29, 1.82) is 0 Å². The average Bonchev–Trinajstić information content (AvgIpc) is 2.82. The maximum Gasteiger partial charge on any atom is 0.0519 e. The molecular weight excluding hydrogens is 367 g/mol. The lowest BCUT2D eigenvalue weighted by atomic mass is 10.0. The number of nitrogens with one attached hydrogen (secondary N) is 1. The Kier molecular flexibility index (Phi) is 4.81. The molecule has 0 radical (unpaired) electrons. The van der Waals surface area contributed by atoms with Gasteiger partial charge in [-0.2, -0.15) is 0 Å². The van der Waals surface area contributed by atoms with Crippen LogP contribution < -0.4 is 11.3 Å². The van der Waals surface area contributed by atoms with E-state index in [4.69, 9.17) is 17.4 Å². The zero-order chi connectivity index (χ0) is 12.3. The SMILES string of the molecule is NNC(Cc1cccs1)c1cc(Cl)ccc1I. The number of benzene rings is 1. The Balaban J connectivity index is 2.25. The van der Waals surface area contributed by atoms with Crippen LogP contribution in [0, 0.1) is 3.57 Å². The molecule has 0 aliphatic rings. The van der Waals surface area contributed by atoms with E-state index in [1.54, 1.807) is 11.3 Å². The zero-order valence-electron chi connectivity index (χ0n) is 8.99. The summed E-state index contributed by atoms with van der Waals surface area (Å²) in [6.45, 7) is 0. The Morgan fingerprint density at radius 1 is 1.41 bits per heavy atom. The second kappa shape index (κ2) is 6.15. The molecule has 0 saturated carbocycles. The largest absolute Gasteiger partial charge is 0.271 e. The second-order valence-corrected chi connectivity index (χ2v) is 6.30. The lowest BCUT2D eigenvalue weighted by Gasteiger charge is -2.17. The molecule has 1 heterocycles. The van der Waals surface area contributed by atoms with Crippen LogP contribution in [0.1, 0.15) is 16.5 Å². The quantitative estimate of drug-likeness (QED) is 0.483. The maximum absolute atomic E-state index is 6.03. The van der Waals surface area contributed by atoms with E-state index in [-0.39, 0.29) is 6.04 Å². The Bertz CT molecular complexity index is 487. The third-order valence-electron chi connectivity index (χ3n) is 2.52. The van der Waals surface area contributed by atoms with Crippen LogP contribution in [0.2, 0.25) is 5.02 Å². The highest BCUT2D eigenvalue weighted by atomic mass is 127. The molecule has 2 rings (SSSR count). The smallest absolute Gasteiger partial charge is 0.0519 e. The summed E-state index contributed by atoms with van der Waals surface area (Å²) < 4.78 is 1.17. The van der Waals surface area contributed by atoms with E-state index in [1.807, 2.05) is 18.2 Å². The number of thiophene rings is 1. The van der Waals surface area contributed by atoms with Crippen molar-refractivity contribution >= 4 is 45.5 Å². The number of nitrogens with two attached hydrogens (primary N) is 1. The molecular formula is C12H12ClIN2S. The summed E-state index contributed by atoms with van der Waals surface area (Å²) >= 11 is 10.1. The summed E-state index contributed by atoms with van der Waals surface area (Å²) in [5, 5.41) is 2.82. The van der Waals surface area contributed by atoms with Crippen molar-refractivity contribution in [1.82, 2.24) is 5.43 Å². The summed E-state index contributed by atoms with van der Waals surface area (Å²) in [5.41, 5.74) is 4.02. The van der Waals surface area contributed by atoms with Crippen molar-refractivity contribution in [3.63, 3.8) is 0 Å². The predicted octanol–water partition coefficient (Wildman–Crippen LogP) is 3.75. The topological polar surface area (TPSA) is 38.0 Å². The summed E-state index contributed by atoms with van der Waals surface area (Å²) in [5.74, 6) is 5.65. The van der Waals surface area contributed by atoms with Gasteiger partial charge in [-0.05, 0) is 57.8 Å². The standard InChI is InChI=1S/C12H12ClIN2S/c13-8-3-4-11(14)10(6-8)12(16-15)7-9-2-1-5-17-9/h1-6,12,16H,7,15H2. The van der Waals surface area contributed by atoms with Gasteiger partial charge in [-0.15, -0.1) is 11.3 Å². The average molecular weight is 379 g/mol. The van der Waals surface area contributed by atoms with E-state index >= 15 is 0 Å². The van der Waals surface area contributed by atoms with E-state index < -0.39 is 0 Å². The summed E-state index contributed by atoms with van der Waals surface area (Å²) in [4.78, 5) is 1.31. The van der Waals surface area contributed by atoms with Gasteiger partial charge < -0.3 is 0 Å². The van der Waals surface area contributed by atoms with E-state index in [0.29, 0.717) is 0 Å². The fraction of sp³-hybridized carbons (Fsp3) is 0.167. The van der Waals surface area contributed by atoms with Crippen LogP contribution in [-0.4, -0.2) is 0 Å². The Labute approximate surface area is 123 Å². The van der Waals surface area contributed by atoms with E-state index in [9.17, 15) is 0 Å². The number of rotatable bonds is 4. The fourth-order valence-electron chi connectivity index (χ4n) is 1.67. The van der Waals surface area contributed by atoms with E-state index in [2.05, 4.69) is 45.5 Å². The van der Waals surface area contributed by atoms with E-state index in [1.165, 1.54) is 8.45 Å². The van der Waals surface area contributed by atoms with Crippen LogP contribution in [0.3, 0.4) is 0 Å². The van der Waals surface area contributed by atoms with Crippen molar-refractivity contribution in [2.75, 3.05) is 0 Å². The van der Waals surface area contributed by atoms with Crippen molar-refractivity contribution < 1.29 is 0 Å². The van der Waals surface area contributed by atoms with Gasteiger partial charge in [0.25, 0.3) is 0 Å². The first-order valence-electron chi connectivity index (χ1n) is 5.14. The molecule has 17 heavy (non-hydrogen) atoms. The zero-order valence-corrected chi connectivity index (χ0v) is 12.7. The van der Waals surface area contributed by atoms with Crippen molar-refractivity contribution in [3.8, 4) is 0 Å². The molecule has 3 N–H and O–H groups in total. The molecule has 0 fully saturated rings. The van der Waals surface area contributed by atoms with Crippen molar-refractivity contribution in [2.45, 2.75) is 12.5 Å². The second-order valence-electron chi connectivity index (χ2n) is 3.67. The molecule has 5 heteroatoms. The lowest BCUT2D eigenvalue weighted by molar-refractivity contribution is 0.553. The minimum absolute atomic E-state index is 0.0965. The van der Waals surface area contributed by atoms with Crippen molar-refractivity contribution in [3.05, 3.63) is 54.7 Å². The molecule has 1 aromatic carbocycles. The molecule has 90 valence electrons. The lowest BCUT2D eigenvalue weighted by Crippen LogP contribution is -2.30. The normalized spacial score (nSPS) is 12.6. The first-order chi connectivity index (χ1) is 8.20. The van der Waals surface area contributed by atoms with Gasteiger partial charge in [0.15, 0.2) is 0 Å². The summed E-state index contributed by atoms with van der Waals surface area (Å²) in [6.07, 6.45) is 0.879. The van der Waals surface area contributed by atoms with Crippen molar-refractivity contribution in [2.24, 2.45) is 5.84 Å². The van der Waals surface area contributed by atoms with Gasteiger partial charge in [-0.25, -0.2) is 0 Å². The Hall–Kier alpha value is -0.140. The van der Waals surface area contributed by atoms with Gasteiger partial charge in [0, 0.05) is 19.9 Å². The number of halogens is 2. The molecule has 1 unspecified atom stereocenters. The van der Waals surface area contributed by atoms with Crippen LogP contribution in [0.15, 0.2) is 35.7 Å². The van der Waals surface area contributed by atoms with Gasteiger partial charge in [-0.3, -0.25) is 11.3 Å². The van der Waals surface area contributed by atoms with Gasteiger partial charge in [-0.1, -0.05) is 17.7 Å². The molecule has 0 aliphatic heterocycles. The van der Waals surface area contributed by atoms with Gasteiger partial charge in [0.1, 0.15) is 0 Å². The monoisotopic (exact) mass is 378 g/mol. The van der Waals surface area contributed by atoms with E-state index in [0.717, 1.165) is 17.0 Å². The van der Waals surface area contributed by atoms with Crippen LogP contribution in [0.4, 0.5) is 0 Å². The first-order valence-corrected chi connectivity index (χ1v) is 7.48. The third-order valence-corrected chi connectivity index (χ3v) is 4.64. The highest BCUT2D eigenvalue weighted by Crippen LogP contribution is 2.27. The number of hydrogen-bond donors (Lipinski definition) is 2. The molecule has 1 atom stereocenters.